The monoisotopic (exact) mass is 294 g/mol. The summed E-state index contributed by atoms with van der Waals surface area (Å²) < 4.78 is 0. The van der Waals surface area contributed by atoms with Gasteiger partial charge in [0.25, 0.3) is 5.91 Å². The van der Waals surface area contributed by atoms with Gasteiger partial charge in [0.15, 0.2) is 0 Å². The van der Waals surface area contributed by atoms with Crippen LogP contribution in [0.3, 0.4) is 0 Å². The van der Waals surface area contributed by atoms with Crippen LogP contribution in [-0.4, -0.2) is 10.9 Å². The third kappa shape index (κ3) is 3.33. The number of aromatic nitrogens is 1. The summed E-state index contributed by atoms with van der Waals surface area (Å²) in [4.78, 5) is 16.5. The summed E-state index contributed by atoms with van der Waals surface area (Å²) in [5, 5.41) is 5.78. The Kier molecular flexibility index (Phi) is 4.22. The van der Waals surface area contributed by atoms with Crippen molar-refractivity contribution in [1.29, 1.82) is 0 Å². The molecule has 2 rings (SSSR count). The van der Waals surface area contributed by atoms with E-state index in [2.05, 4.69) is 10.3 Å². The average molecular weight is 295 g/mol. The molecule has 0 unspecified atom stereocenters. The third-order valence-corrected chi connectivity index (χ3v) is 4.14. The molecular formula is C14H15ClN2OS. The van der Waals surface area contributed by atoms with E-state index in [0.717, 1.165) is 10.6 Å². The summed E-state index contributed by atoms with van der Waals surface area (Å²) in [6.45, 7) is 3.88. The van der Waals surface area contributed by atoms with Crippen molar-refractivity contribution in [2.45, 2.75) is 25.3 Å². The lowest BCUT2D eigenvalue weighted by Crippen LogP contribution is -2.40. The molecule has 0 aliphatic rings. The van der Waals surface area contributed by atoms with Gasteiger partial charge in [-0.05, 0) is 31.5 Å². The molecule has 2 aromatic rings. The van der Waals surface area contributed by atoms with E-state index < -0.39 is 5.54 Å². The summed E-state index contributed by atoms with van der Waals surface area (Å²) >= 11 is 7.31. The van der Waals surface area contributed by atoms with Crippen molar-refractivity contribution in [2.24, 2.45) is 0 Å². The first-order valence-electron chi connectivity index (χ1n) is 5.90. The molecule has 1 heterocycles. The van der Waals surface area contributed by atoms with Gasteiger partial charge in [0.1, 0.15) is 5.01 Å². The lowest BCUT2D eigenvalue weighted by molar-refractivity contribution is 0.0912. The summed E-state index contributed by atoms with van der Waals surface area (Å²) in [5.74, 6) is 0.281. The van der Waals surface area contributed by atoms with Crippen LogP contribution in [0.4, 0.5) is 0 Å². The van der Waals surface area contributed by atoms with Gasteiger partial charge in [-0.1, -0.05) is 12.1 Å². The zero-order chi connectivity index (χ0) is 13.9. The fourth-order valence-electron chi connectivity index (χ4n) is 1.74. The second-order valence-electron chi connectivity index (χ2n) is 4.75. The summed E-state index contributed by atoms with van der Waals surface area (Å²) in [5.41, 5.74) is 1.06. The van der Waals surface area contributed by atoms with Crippen molar-refractivity contribution < 1.29 is 4.79 Å². The van der Waals surface area contributed by atoms with Gasteiger partial charge >= 0.3 is 0 Å². The van der Waals surface area contributed by atoms with Gasteiger partial charge in [0.2, 0.25) is 0 Å². The Balaban J connectivity index is 2.16. The van der Waals surface area contributed by atoms with Crippen LogP contribution >= 0.6 is 22.9 Å². The fourth-order valence-corrected chi connectivity index (χ4v) is 2.62. The van der Waals surface area contributed by atoms with Gasteiger partial charge < -0.3 is 5.32 Å². The predicted octanol–water partition coefficient (Wildman–Crippen LogP) is 3.55. The highest BCUT2D eigenvalue weighted by Crippen LogP contribution is 2.22. The molecule has 0 saturated carbocycles. The molecule has 1 aromatic heterocycles. The van der Waals surface area contributed by atoms with Gasteiger partial charge in [0, 0.05) is 23.0 Å². The van der Waals surface area contributed by atoms with E-state index in [4.69, 9.17) is 11.6 Å². The highest BCUT2D eigenvalue weighted by molar-refractivity contribution is 7.09. The van der Waals surface area contributed by atoms with E-state index in [1.54, 1.807) is 18.3 Å². The maximum Gasteiger partial charge on any atom is 0.252 e. The quantitative estimate of drug-likeness (QED) is 0.876. The standard InChI is InChI=1S/C14H15ClN2OS/c1-14(2,13-16-6-7-19-13)17-12(18)11-5-3-4-10(8-11)9-15/h3-8H,9H2,1-2H3,(H,17,18). The number of nitrogens with one attached hydrogen (secondary N) is 1. The molecular weight excluding hydrogens is 280 g/mol. The summed E-state index contributed by atoms with van der Waals surface area (Å²) in [7, 11) is 0. The van der Waals surface area contributed by atoms with Crippen LogP contribution in [-0.2, 0) is 11.4 Å². The molecule has 1 N–H and O–H groups in total. The number of hydrogen-bond acceptors (Lipinski definition) is 3. The van der Waals surface area contributed by atoms with Gasteiger partial charge in [-0.2, -0.15) is 0 Å². The van der Waals surface area contributed by atoms with E-state index >= 15 is 0 Å². The van der Waals surface area contributed by atoms with Crippen molar-refractivity contribution in [3.63, 3.8) is 0 Å². The van der Waals surface area contributed by atoms with E-state index in [0.29, 0.717) is 11.4 Å². The molecule has 100 valence electrons. The molecule has 0 fully saturated rings. The van der Waals surface area contributed by atoms with E-state index in [1.165, 1.54) is 11.3 Å². The van der Waals surface area contributed by atoms with Crippen LogP contribution in [0.15, 0.2) is 35.8 Å². The van der Waals surface area contributed by atoms with Crippen molar-refractivity contribution in [3.05, 3.63) is 52.0 Å². The zero-order valence-corrected chi connectivity index (χ0v) is 12.4. The average Bonchev–Trinajstić information content (AvgIpc) is 2.93. The normalized spacial score (nSPS) is 11.3. The number of amides is 1. The second-order valence-corrected chi connectivity index (χ2v) is 5.91. The highest BCUT2D eigenvalue weighted by Gasteiger charge is 2.25. The first-order chi connectivity index (χ1) is 9.03. The predicted molar refractivity (Wildman–Crippen MR) is 78.6 cm³/mol. The third-order valence-electron chi connectivity index (χ3n) is 2.74. The van der Waals surface area contributed by atoms with Crippen molar-refractivity contribution >= 4 is 28.8 Å². The van der Waals surface area contributed by atoms with Gasteiger partial charge in [-0.3, -0.25) is 4.79 Å². The fraction of sp³-hybridized carbons (Fsp3) is 0.286. The number of hydrogen-bond donors (Lipinski definition) is 1. The van der Waals surface area contributed by atoms with Crippen molar-refractivity contribution in [2.75, 3.05) is 0 Å². The Morgan fingerprint density at radius 2 is 2.26 bits per heavy atom. The van der Waals surface area contributed by atoms with Crippen LogP contribution in [0, 0.1) is 0 Å². The molecule has 19 heavy (non-hydrogen) atoms. The number of carbonyl (C=O) groups excluding carboxylic acids is 1. The van der Waals surface area contributed by atoms with Gasteiger partial charge in [0.05, 0.1) is 5.54 Å². The minimum atomic E-state index is -0.484. The van der Waals surface area contributed by atoms with Crippen molar-refractivity contribution in [1.82, 2.24) is 10.3 Å². The molecule has 0 spiro atoms. The number of carbonyl (C=O) groups is 1. The molecule has 0 saturated heterocycles. The Bertz CT molecular complexity index is 567. The van der Waals surface area contributed by atoms with Crippen LogP contribution in [0.25, 0.3) is 0 Å². The summed E-state index contributed by atoms with van der Waals surface area (Å²) in [6.07, 6.45) is 1.74. The number of thiazole rings is 1. The number of alkyl halides is 1. The van der Waals surface area contributed by atoms with Crippen LogP contribution in [0.1, 0.15) is 34.8 Å². The minimum absolute atomic E-state index is 0.118. The molecule has 0 aliphatic heterocycles. The van der Waals surface area contributed by atoms with Crippen molar-refractivity contribution in [3.8, 4) is 0 Å². The highest BCUT2D eigenvalue weighted by atomic mass is 35.5. The smallest absolute Gasteiger partial charge is 0.252 e. The molecule has 1 amide bonds. The van der Waals surface area contributed by atoms with E-state index in [-0.39, 0.29) is 5.91 Å². The Hall–Kier alpha value is -1.39. The van der Waals surface area contributed by atoms with Crippen LogP contribution in [0.2, 0.25) is 0 Å². The molecule has 5 heteroatoms. The number of halogens is 1. The molecule has 1 aromatic carbocycles. The maximum absolute atomic E-state index is 12.2. The molecule has 0 atom stereocenters. The largest absolute Gasteiger partial charge is 0.341 e. The lowest BCUT2D eigenvalue weighted by atomic mass is 10.0. The SMILES string of the molecule is CC(C)(NC(=O)c1cccc(CCl)c1)c1nccs1. The zero-order valence-electron chi connectivity index (χ0n) is 10.8. The van der Waals surface area contributed by atoms with E-state index in [1.807, 2.05) is 31.4 Å². The Morgan fingerprint density at radius 1 is 1.47 bits per heavy atom. The molecule has 0 radical (unpaired) electrons. The van der Waals surface area contributed by atoms with E-state index in [9.17, 15) is 4.79 Å². The van der Waals surface area contributed by atoms with Crippen LogP contribution < -0.4 is 5.32 Å². The maximum atomic E-state index is 12.2. The molecule has 0 bridgehead atoms. The topological polar surface area (TPSA) is 42.0 Å². The number of rotatable bonds is 4. The molecule has 3 nitrogen and oxygen atoms in total. The number of nitrogens with zero attached hydrogens (tertiary/aromatic N) is 1. The Morgan fingerprint density at radius 3 is 2.89 bits per heavy atom. The summed E-state index contributed by atoms with van der Waals surface area (Å²) in [6, 6.07) is 7.32. The molecule has 0 aliphatic carbocycles. The number of benzene rings is 1. The first-order valence-corrected chi connectivity index (χ1v) is 7.32. The van der Waals surface area contributed by atoms with Gasteiger partial charge in [-0.15, -0.1) is 22.9 Å². The van der Waals surface area contributed by atoms with Crippen LogP contribution in [0.5, 0.6) is 0 Å². The van der Waals surface area contributed by atoms with Gasteiger partial charge in [-0.25, -0.2) is 4.98 Å². The first kappa shape index (κ1) is 14.0. The lowest BCUT2D eigenvalue weighted by Gasteiger charge is -2.23. The second kappa shape index (κ2) is 5.72. The Labute approximate surface area is 121 Å². The minimum Gasteiger partial charge on any atom is -0.341 e.